The van der Waals surface area contributed by atoms with Crippen LogP contribution in [0.5, 0.6) is 0 Å². The molecule has 0 radical (unpaired) electrons. The monoisotopic (exact) mass is 1170 g/mol. The number of nitrogens with zero attached hydrogens (tertiary/aromatic N) is 2. The second-order valence-electron chi connectivity index (χ2n) is 18.4. The molecule has 2 aliphatic rings. The van der Waals surface area contributed by atoms with Crippen LogP contribution in [0.15, 0.2) is 48.2 Å². The van der Waals surface area contributed by atoms with Crippen molar-refractivity contribution in [3.05, 3.63) is 81.6 Å². The molecule has 2 aromatic rings. The number of carboxylic acid groups (broad SMARTS) is 1. The van der Waals surface area contributed by atoms with Gasteiger partial charge in [-0.3, -0.25) is 42.2 Å². The van der Waals surface area contributed by atoms with Crippen LogP contribution in [-0.2, 0) is 65.5 Å². The van der Waals surface area contributed by atoms with E-state index < -0.39 is 124 Å². The van der Waals surface area contributed by atoms with Gasteiger partial charge in [0.25, 0.3) is 64.1 Å². The van der Waals surface area contributed by atoms with E-state index in [0.29, 0.717) is 53.1 Å². The van der Waals surface area contributed by atoms with E-state index in [0.717, 1.165) is 0 Å². The Bertz CT molecular complexity index is 3120. The standard InChI is InChI=1S/C44H60N6O21S5/c1-43(2)34(49(17-7-5-6-12-36(51)52)32-27-29(40(54)46-14-21-74(61,62)63)25-31(37(32)43)42(56)48-16-23-76(67,68)69)10-8-11-35-44(3,4)38-30(41(55)47-15-22-75(64,65)66)24-28(39(53)45-13-19-72-71-70-57)26-33(38)50(35)18-9-20-73(58,59)60/h8,10-11,24-27H,5-7,9,12-23H2,1-4H3,(H9-,45,46,47,48,51,52,53,54,55,56,57,58,59,60,61,62,63,64,65,66,67,68,69)/p+1. The maximum atomic E-state index is 14.0. The van der Waals surface area contributed by atoms with E-state index in [9.17, 15) is 81.0 Å². The molecule has 32 heteroatoms. The normalized spacial score (nSPS) is 15.7. The number of benzene rings is 2. The van der Waals surface area contributed by atoms with Gasteiger partial charge in [0.2, 0.25) is 5.69 Å². The molecule has 0 unspecified atom stereocenters. The Morgan fingerprint density at radius 3 is 1.66 bits per heavy atom. The van der Waals surface area contributed by atoms with Crippen LogP contribution in [0.25, 0.3) is 0 Å². The Labute approximate surface area is 443 Å². The third-order valence-electron chi connectivity index (χ3n) is 12.0. The number of nitrogens with one attached hydrogen (secondary N) is 4. The average molecular weight is 1170 g/mol. The van der Waals surface area contributed by atoms with Gasteiger partial charge in [0.05, 0.1) is 39.6 Å². The van der Waals surface area contributed by atoms with Crippen molar-refractivity contribution in [1.29, 1.82) is 0 Å². The Morgan fingerprint density at radius 2 is 1.14 bits per heavy atom. The molecule has 0 aliphatic carbocycles. The zero-order chi connectivity index (χ0) is 57.0. The van der Waals surface area contributed by atoms with Crippen LogP contribution < -0.4 is 26.2 Å². The van der Waals surface area contributed by atoms with Crippen LogP contribution in [0.3, 0.4) is 0 Å². The summed E-state index contributed by atoms with van der Waals surface area (Å²) in [6.45, 7) is 5.27. The number of carboxylic acids is 1. The Balaban J connectivity index is 1.98. The number of fused-ring (bicyclic) bond motifs is 2. The lowest BCUT2D eigenvalue weighted by molar-refractivity contribution is -0.437. The number of hydrogen-bond donors (Lipinski definition) is 10. The second-order valence-corrected chi connectivity index (χ2v) is 25.4. The molecule has 2 aromatic carbocycles. The SMILES string of the molecule is CC1(C)C(/C=C/C=C2/N(CCCCCC(=O)O)c3cc(C(=O)NCCS(=O)(=O)O)cc(C(=O)NCCS(=O)(=O)O)c3C2(C)C)=[N+](CCCS(=O)(=O)O)c2cc(C(=O)NCCSOOO)cc(C(=O)NCCS(=O)(=O)O)c21. The van der Waals surface area contributed by atoms with E-state index in [1.165, 1.54) is 24.3 Å². The lowest BCUT2D eigenvalue weighted by atomic mass is 9.78. The smallest absolute Gasteiger partial charge is 0.303 e. The van der Waals surface area contributed by atoms with Crippen molar-refractivity contribution in [1.82, 2.24) is 21.3 Å². The third kappa shape index (κ3) is 18.1. The molecule has 2 heterocycles. The molecule has 4 rings (SSSR count). The first-order valence-corrected chi connectivity index (χ1v) is 30.5. The minimum atomic E-state index is -4.54. The Kier molecular flexibility index (Phi) is 21.9. The summed E-state index contributed by atoms with van der Waals surface area (Å²) in [7, 11) is -18.1. The van der Waals surface area contributed by atoms with Gasteiger partial charge in [-0.05, 0) is 51.0 Å². The molecule has 27 nitrogen and oxygen atoms in total. The average Bonchev–Trinajstić information content (AvgIpc) is 3.63. The van der Waals surface area contributed by atoms with Gasteiger partial charge in [-0.25, -0.2) is 5.26 Å². The van der Waals surface area contributed by atoms with Crippen LogP contribution in [0.2, 0.25) is 0 Å². The van der Waals surface area contributed by atoms with Crippen molar-refractivity contribution in [2.24, 2.45) is 0 Å². The highest BCUT2D eigenvalue weighted by Crippen LogP contribution is 2.50. The maximum Gasteiger partial charge on any atom is 0.303 e. The highest BCUT2D eigenvalue weighted by molar-refractivity contribution is 7.94. The van der Waals surface area contributed by atoms with Gasteiger partial charge in [-0.2, -0.15) is 38.2 Å². The van der Waals surface area contributed by atoms with Crippen molar-refractivity contribution >= 4 is 99.2 Å². The molecular formula is C44H61N6O21S5+. The van der Waals surface area contributed by atoms with Crippen molar-refractivity contribution in [3.63, 3.8) is 0 Å². The molecule has 0 saturated carbocycles. The van der Waals surface area contributed by atoms with Crippen molar-refractivity contribution in [2.75, 3.05) is 72.9 Å². The van der Waals surface area contributed by atoms with E-state index in [2.05, 4.69) is 30.6 Å². The molecule has 10 N–H and O–H groups in total. The van der Waals surface area contributed by atoms with Crippen molar-refractivity contribution in [2.45, 2.75) is 70.6 Å². The first-order chi connectivity index (χ1) is 35.2. The minimum absolute atomic E-state index is 0.0382. The molecule has 76 heavy (non-hydrogen) atoms. The van der Waals surface area contributed by atoms with Gasteiger partial charge in [0, 0.05) is 115 Å². The Hall–Kier alpha value is -5.39. The summed E-state index contributed by atoms with van der Waals surface area (Å²) in [5.74, 6) is -7.50. The number of carbonyl (C=O) groups is 5. The number of aliphatic carboxylic acids is 1. The third-order valence-corrected chi connectivity index (χ3v) is 15.5. The lowest BCUT2D eigenvalue weighted by Crippen LogP contribution is -2.34. The van der Waals surface area contributed by atoms with Gasteiger partial charge in [-0.15, -0.1) is 4.33 Å². The molecule has 2 aliphatic heterocycles. The quantitative estimate of drug-likeness (QED) is 0.0133. The van der Waals surface area contributed by atoms with Crippen molar-refractivity contribution < 1.29 is 100 Å². The number of anilines is 1. The highest BCUT2D eigenvalue weighted by atomic mass is 32.2. The van der Waals surface area contributed by atoms with Gasteiger partial charge in [0.15, 0.2) is 5.71 Å². The maximum absolute atomic E-state index is 14.0. The number of amides is 4. The first kappa shape index (κ1) is 63.1. The fourth-order valence-electron chi connectivity index (χ4n) is 8.78. The molecule has 4 amide bonds. The number of carbonyl (C=O) groups excluding carboxylic acids is 4. The van der Waals surface area contributed by atoms with Gasteiger partial charge >= 0.3 is 5.97 Å². The highest BCUT2D eigenvalue weighted by Gasteiger charge is 2.48. The molecule has 0 fully saturated rings. The molecule has 422 valence electrons. The van der Waals surface area contributed by atoms with Gasteiger partial charge < -0.3 is 31.3 Å². The molecule has 0 atom stereocenters. The van der Waals surface area contributed by atoms with E-state index in [1.807, 2.05) is 0 Å². The summed E-state index contributed by atoms with van der Waals surface area (Å²) < 4.78 is 137. The first-order valence-electron chi connectivity index (χ1n) is 23.1. The minimum Gasteiger partial charge on any atom is -0.481 e. The van der Waals surface area contributed by atoms with Crippen LogP contribution >= 0.6 is 12.0 Å². The number of rotatable bonds is 30. The number of hydrogen-bond acceptors (Lipinski definition) is 18. The molecule has 0 spiro atoms. The topological polar surface area (TPSA) is 416 Å². The van der Waals surface area contributed by atoms with Crippen molar-refractivity contribution in [3.8, 4) is 0 Å². The molecule has 0 bridgehead atoms. The summed E-state index contributed by atoms with van der Waals surface area (Å²) in [4.78, 5) is 68.5. The molecule has 0 saturated heterocycles. The summed E-state index contributed by atoms with van der Waals surface area (Å²) in [6.07, 6.45) is 5.61. The van der Waals surface area contributed by atoms with Gasteiger partial charge in [0.1, 0.15) is 6.54 Å². The summed E-state index contributed by atoms with van der Waals surface area (Å²) in [6, 6.07) is 5.34. The van der Waals surface area contributed by atoms with E-state index >= 15 is 0 Å². The van der Waals surface area contributed by atoms with Crippen LogP contribution in [-0.4, -0.2) is 170 Å². The summed E-state index contributed by atoms with van der Waals surface area (Å²) >= 11 is 0.651. The van der Waals surface area contributed by atoms with E-state index in [1.54, 1.807) is 55.4 Å². The molecule has 0 aromatic heterocycles. The zero-order valence-electron chi connectivity index (χ0n) is 41.6. The zero-order valence-corrected chi connectivity index (χ0v) is 45.7. The predicted octanol–water partition coefficient (Wildman–Crippen LogP) is 1.88. The van der Waals surface area contributed by atoms with Crippen LogP contribution in [0.4, 0.5) is 11.4 Å². The Morgan fingerprint density at radius 1 is 0.645 bits per heavy atom. The summed E-state index contributed by atoms with van der Waals surface area (Å²) in [5.41, 5.74) is -0.845. The van der Waals surface area contributed by atoms with Crippen LogP contribution in [0.1, 0.15) is 112 Å². The van der Waals surface area contributed by atoms with Gasteiger partial charge in [-0.1, -0.05) is 31.4 Å². The van der Waals surface area contributed by atoms with E-state index in [-0.39, 0.29) is 72.6 Å². The lowest BCUT2D eigenvalue weighted by Gasteiger charge is -2.27. The second kappa shape index (κ2) is 26.3. The molecular weight excluding hydrogens is 1110 g/mol. The van der Waals surface area contributed by atoms with E-state index in [4.69, 9.17) is 5.26 Å². The predicted molar refractivity (Wildman–Crippen MR) is 276 cm³/mol. The largest absolute Gasteiger partial charge is 0.481 e. The van der Waals surface area contributed by atoms with Crippen LogP contribution in [0, 0.1) is 0 Å². The fraction of sp³-hybridized carbons (Fsp3) is 0.500. The number of allylic oxidation sites excluding steroid dienone is 4. The summed E-state index contributed by atoms with van der Waals surface area (Å²) in [5, 5.41) is 31.2. The number of unbranched alkanes of at least 4 members (excludes halogenated alkanes) is 2. The fourth-order valence-corrected chi connectivity index (χ4v) is 10.6.